The van der Waals surface area contributed by atoms with Gasteiger partial charge in [-0.3, -0.25) is 4.79 Å². The van der Waals surface area contributed by atoms with E-state index in [1.807, 2.05) is 7.05 Å². The summed E-state index contributed by atoms with van der Waals surface area (Å²) in [5.41, 5.74) is 11.4. The monoisotopic (exact) mass is 567 g/mol. The second kappa shape index (κ2) is 21.7. The van der Waals surface area contributed by atoms with Gasteiger partial charge in [0.25, 0.3) is 0 Å². The standard InChI is InChI=1S/C11H17N.C8H6F3NO.C6H14N2.C4H7NO2/c1-10(12-2)8-9-11-6-4-3-5-7-11;9-8(10,11)6-2-1-3-7(4-6)12-5-13;1-8-4-2-6(7)3-5-8;5-4(3-7)1-2-6/h3-7,10,12H,8-9H2,1-2H3;1-5H,(H,12,13);6H,2-5,7H2,1H3;2-4H,1,5H2. The van der Waals surface area contributed by atoms with Gasteiger partial charge in [-0.05, 0) is 83.6 Å². The molecule has 3 rings (SSSR count). The van der Waals surface area contributed by atoms with Gasteiger partial charge in [0.2, 0.25) is 6.41 Å². The Labute approximate surface area is 235 Å². The molecule has 2 aromatic rings. The van der Waals surface area contributed by atoms with Crippen LogP contribution >= 0.6 is 0 Å². The molecule has 0 spiro atoms. The van der Waals surface area contributed by atoms with Crippen LogP contribution in [0.5, 0.6) is 0 Å². The number of anilines is 1. The Kier molecular flexibility index (Phi) is 20.0. The SMILES string of the molecule is CN1CCC(N)CC1.CNC(C)CCc1ccccc1.NC(C=O)CC=O.O=CNc1cccc(C(F)(F)F)c1. The number of rotatable bonds is 9. The van der Waals surface area contributed by atoms with Crippen molar-refractivity contribution in [3.05, 3.63) is 65.7 Å². The molecular formula is C29H44F3N5O3. The highest BCUT2D eigenvalue weighted by Crippen LogP contribution is 2.30. The number of halogens is 3. The zero-order chi connectivity index (χ0) is 30.4. The molecule has 0 radical (unpaired) electrons. The Morgan fingerprint density at radius 2 is 1.68 bits per heavy atom. The lowest BCUT2D eigenvalue weighted by Crippen LogP contribution is -2.37. The minimum Gasteiger partial charge on any atom is -0.329 e. The second-order valence-corrected chi connectivity index (χ2v) is 9.40. The summed E-state index contributed by atoms with van der Waals surface area (Å²) in [6.45, 7) is 4.57. The van der Waals surface area contributed by atoms with Gasteiger partial charge < -0.3 is 36.6 Å². The van der Waals surface area contributed by atoms with E-state index >= 15 is 0 Å². The number of likely N-dealkylation sites (tertiary alicyclic amines) is 1. The number of hydrogen-bond acceptors (Lipinski definition) is 7. The van der Waals surface area contributed by atoms with E-state index in [4.69, 9.17) is 11.5 Å². The molecule has 40 heavy (non-hydrogen) atoms. The third kappa shape index (κ3) is 19.0. The molecule has 1 aliphatic rings. The van der Waals surface area contributed by atoms with Gasteiger partial charge in [0.1, 0.15) is 12.6 Å². The van der Waals surface area contributed by atoms with Crippen molar-refractivity contribution in [2.45, 2.75) is 63.3 Å². The number of piperidine rings is 1. The summed E-state index contributed by atoms with van der Waals surface area (Å²) >= 11 is 0. The Hall–Kier alpha value is -3.12. The van der Waals surface area contributed by atoms with Crippen LogP contribution in [0.25, 0.3) is 0 Å². The summed E-state index contributed by atoms with van der Waals surface area (Å²) in [4.78, 5) is 31.4. The second-order valence-electron chi connectivity index (χ2n) is 9.40. The Balaban J connectivity index is 0.000000523. The van der Waals surface area contributed by atoms with Crippen LogP contribution in [0.15, 0.2) is 54.6 Å². The highest BCUT2D eigenvalue weighted by atomic mass is 19.4. The molecular weight excluding hydrogens is 523 g/mol. The maximum Gasteiger partial charge on any atom is 0.416 e. The lowest BCUT2D eigenvalue weighted by atomic mass is 10.1. The summed E-state index contributed by atoms with van der Waals surface area (Å²) in [5, 5.41) is 5.37. The Morgan fingerprint density at radius 3 is 2.12 bits per heavy atom. The van der Waals surface area contributed by atoms with Crippen molar-refractivity contribution >= 4 is 24.7 Å². The average molecular weight is 568 g/mol. The zero-order valence-corrected chi connectivity index (χ0v) is 23.6. The molecule has 224 valence electrons. The van der Waals surface area contributed by atoms with Gasteiger partial charge in [-0.25, -0.2) is 0 Å². The van der Waals surface area contributed by atoms with Gasteiger partial charge in [-0.15, -0.1) is 0 Å². The first kappa shape index (κ1) is 36.9. The first-order valence-corrected chi connectivity index (χ1v) is 13.1. The Bertz CT molecular complexity index is 930. The fourth-order valence-electron chi connectivity index (χ4n) is 3.22. The van der Waals surface area contributed by atoms with E-state index in [-0.39, 0.29) is 12.1 Å². The molecule has 8 nitrogen and oxygen atoms in total. The largest absolute Gasteiger partial charge is 0.416 e. The normalized spacial score (nSPS) is 14.9. The van der Waals surface area contributed by atoms with E-state index in [9.17, 15) is 27.6 Å². The molecule has 2 unspecified atom stereocenters. The fraction of sp³-hybridized carbons (Fsp3) is 0.483. The number of nitrogens with two attached hydrogens (primary N) is 2. The number of carbonyl (C=O) groups is 3. The number of nitrogens with one attached hydrogen (secondary N) is 2. The fourth-order valence-corrected chi connectivity index (χ4v) is 3.22. The number of carbonyl (C=O) groups excluding carboxylic acids is 3. The van der Waals surface area contributed by atoms with Gasteiger partial charge >= 0.3 is 6.18 Å². The van der Waals surface area contributed by atoms with E-state index in [0.717, 1.165) is 12.1 Å². The maximum atomic E-state index is 12.1. The Morgan fingerprint density at radius 1 is 1.05 bits per heavy atom. The summed E-state index contributed by atoms with van der Waals surface area (Å²) in [6, 6.07) is 15.5. The average Bonchev–Trinajstić information content (AvgIpc) is 2.95. The predicted octanol–water partition coefficient (Wildman–Crippen LogP) is 3.64. The van der Waals surface area contributed by atoms with Crippen LogP contribution in [-0.4, -0.2) is 69.2 Å². The summed E-state index contributed by atoms with van der Waals surface area (Å²) < 4.78 is 36.3. The minimum absolute atomic E-state index is 0.128. The molecule has 0 aliphatic carbocycles. The topological polar surface area (TPSA) is 131 Å². The van der Waals surface area contributed by atoms with E-state index in [1.54, 1.807) is 0 Å². The van der Waals surface area contributed by atoms with Crippen LogP contribution in [0.3, 0.4) is 0 Å². The van der Waals surface area contributed by atoms with Crippen molar-refractivity contribution in [3.63, 3.8) is 0 Å². The molecule has 1 saturated heterocycles. The predicted molar refractivity (Wildman–Crippen MR) is 154 cm³/mol. The lowest BCUT2D eigenvalue weighted by molar-refractivity contribution is -0.137. The third-order valence-electron chi connectivity index (χ3n) is 5.92. The van der Waals surface area contributed by atoms with Crippen LogP contribution in [0.1, 0.15) is 43.7 Å². The van der Waals surface area contributed by atoms with E-state index in [1.165, 1.54) is 56.5 Å². The molecule has 1 fully saturated rings. The number of alkyl halides is 3. The molecule has 2 atom stereocenters. The minimum atomic E-state index is -4.37. The summed E-state index contributed by atoms with van der Waals surface area (Å²) in [6.07, 6.45) is 1.99. The van der Waals surface area contributed by atoms with E-state index in [2.05, 4.69) is 59.8 Å². The third-order valence-corrected chi connectivity index (χ3v) is 5.92. The van der Waals surface area contributed by atoms with Crippen molar-refractivity contribution < 1.29 is 27.6 Å². The van der Waals surface area contributed by atoms with Crippen molar-refractivity contribution in [1.29, 1.82) is 0 Å². The van der Waals surface area contributed by atoms with Gasteiger partial charge in [0, 0.05) is 24.2 Å². The molecule has 0 saturated carbocycles. The van der Waals surface area contributed by atoms with Crippen molar-refractivity contribution in [3.8, 4) is 0 Å². The summed E-state index contributed by atoms with van der Waals surface area (Å²) in [5.74, 6) is 0. The molecule has 0 aromatic heterocycles. The van der Waals surface area contributed by atoms with Gasteiger partial charge in [-0.1, -0.05) is 36.4 Å². The molecule has 2 aromatic carbocycles. The number of benzene rings is 2. The smallest absolute Gasteiger partial charge is 0.329 e. The van der Waals surface area contributed by atoms with Crippen LogP contribution < -0.4 is 22.1 Å². The summed E-state index contributed by atoms with van der Waals surface area (Å²) in [7, 11) is 4.15. The zero-order valence-electron chi connectivity index (χ0n) is 23.6. The maximum absolute atomic E-state index is 12.1. The number of amides is 1. The van der Waals surface area contributed by atoms with E-state index in [0.29, 0.717) is 31.1 Å². The van der Waals surface area contributed by atoms with Gasteiger partial charge in [0.05, 0.1) is 11.6 Å². The number of hydrogen-bond donors (Lipinski definition) is 4. The molecule has 11 heteroatoms. The highest BCUT2D eigenvalue weighted by molar-refractivity contribution is 5.71. The van der Waals surface area contributed by atoms with Crippen molar-refractivity contribution in [1.82, 2.24) is 10.2 Å². The molecule has 1 aliphatic heterocycles. The quantitative estimate of drug-likeness (QED) is 0.340. The van der Waals surface area contributed by atoms with Crippen LogP contribution in [0.2, 0.25) is 0 Å². The lowest BCUT2D eigenvalue weighted by Gasteiger charge is -2.25. The first-order valence-electron chi connectivity index (χ1n) is 13.1. The number of aldehydes is 2. The van der Waals surface area contributed by atoms with E-state index < -0.39 is 17.8 Å². The first-order chi connectivity index (χ1) is 19.0. The van der Waals surface area contributed by atoms with Crippen LogP contribution in [-0.2, 0) is 27.0 Å². The number of aryl methyl sites for hydroxylation is 1. The van der Waals surface area contributed by atoms with Crippen molar-refractivity contribution in [2.24, 2.45) is 11.5 Å². The van der Waals surface area contributed by atoms with Crippen molar-refractivity contribution in [2.75, 3.05) is 32.5 Å². The van der Waals surface area contributed by atoms with Crippen LogP contribution in [0, 0.1) is 0 Å². The highest BCUT2D eigenvalue weighted by Gasteiger charge is 2.30. The number of nitrogens with zero attached hydrogens (tertiary/aromatic N) is 1. The molecule has 0 bridgehead atoms. The van der Waals surface area contributed by atoms with Crippen LogP contribution in [0.4, 0.5) is 18.9 Å². The van der Waals surface area contributed by atoms with Gasteiger partial charge in [0.15, 0.2) is 0 Å². The molecule has 6 N–H and O–H groups in total. The van der Waals surface area contributed by atoms with Gasteiger partial charge in [-0.2, -0.15) is 13.2 Å². The molecule has 1 amide bonds. The molecule has 1 heterocycles.